The summed E-state index contributed by atoms with van der Waals surface area (Å²) in [5.74, 6) is -0.481. The molecule has 0 spiro atoms. The molecule has 7 heteroatoms. The summed E-state index contributed by atoms with van der Waals surface area (Å²) in [5.41, 5.74) is 1.14. The molecular formula is C20H27N3O4. The van der Waals surface area contributed by atoms with Crippen LogP contribution >= 0.6 is 0 Å². The SMILES string of the molecule is O=C(NCCCOC1CCCCC1)c1ccccc1CN1C(=O)CNC1=O. The van der Waals surface area contributed by atoms with Gasteiger partial charge in [0.05, 0.1) is 19.2 Å². The molecule has 1 aromatic carbocycles. The number of benzene rings is 1. The second-order valence-corrected chi connectivity index (χ2v) is 7.04. The first-order valence-corrected chi connectivity index (χ1v) is 9.71. The fourth-order valence-corrected chi connectivity index (χ4v) is 3.52. The number of urea groups is 1. The summed E-state index contributed by atoms with van der Waals surface area (Å²) in [6, 6.07) is 6.62. The summed E-state index contributed by atoms with van der Waals surface area (Å²) >= 11 is 0. The van der Waals surface area contributed by atoms with Crippen molar-refractivity contribution in [1.29, 1.82) is 0 Å². The standard InChI is InChI=1S/C20H27N3O4/c24-18-13-22-20(26)23(18)14-15-7-4-5-10-17(15)19(25)21-11-6-12-27-16-8-2-1-3-9-16/h4-5,7,10,16H,1-3,6,8-9,11-14H2,(H,21,25)(H,22,26). The first-order valence-electron chi connectivity index (χ1n) is 9.71. The summed E-state index contributed by atoms with van der Waals surface area (Å²) in [5, 5.41) is 5.39. The molecule has 0 unspecified atom stereocenters. The van der Waals surface area contributed by atoms with Gasteiger partial charge in [0.1, 0.15) is 0 Å². The van der Waals surface area contributed by atoms with E-state index in [0.29, 0.717) is 30.4 Å². The summed E-state index contributed by atoms with van der Waals surface area (Å²) in [6.45, 7) is 1.28. The first kappa shape index (κ1) is 19.4. The van der Waals surface area contributed by atoms with Gasteiger partial charge >= 0.3 is 6.03 Å². The molecule has 1 saturated heterocycles. The third-order valence-electron chi connectivity index (χ3n) is 5.04. The maximum Gasteiger partial charge on any atom is 0.324 e. The molecule has 3 rings (SSSR count). The number of hydrogen-bond acceptors (Lipinski definition) is 4. The summed E-state index contributed by atoms with van der Waals surface area (Å²) < 4.78 is 5.87. The molecule has 1 aliphatic carbocycles. The van der Waals surface area contributed by atoms with Gasteiger partial charge in [0.25, 0.3) is 5.91 Å². The number of hydrogen-bond donors (Lipinski definition) is 2. The van der Waals surface area contributed by atoms with Crippen LogP contribution in [0, 0.1) is 0 Å². The van der Waals surface area contributed by atoms with Crippen molar-refractivity contribution >= 4 is 17.8 Å². The normalized spacial score (nSPS) is 17.9. The monoisotopic (exact) mass is 373 g/mol. The second-order valence-electron chi connectivity index (χ2n) is 7.04. The van der Waals surface area contributed by atoms with Crippen molar-refractivity contribution in [3.05, 3.63) is 35.4 Å². The molecule has 4 amide bonds. The molecule has 0 bridgehead atoms. The summed E-state index contributed by atoms with van der Waals surface area (Å²) in [4.78, 5) is 37.1. The van der Waals surface area contributed by atoms with Crippen molar-refractivity contribution in [3.8, 4) is 0 Å². The van der Waals surface area contributed by atoms with Crippen LogP contribution < -0.4 is 10.6 Å². The predicted molar refractivity (Wildman–Crippen MR) is 100 cm³/mol. The number of imide groups is 1. The molecule has 0 aromatic heterocycles. The Balaban J connectivity index is 1.46. The fraction of sp³-hybridized carbons (Fsp3) is 0.550. The van der Waals surface area contributed by atoms with Crippen molar-refractivity contribution in [3.63, 3.8) is 0 Å². The Morgan fingerprint density at radius 3 is 2.70 bits per heavy atom. The summed E-state index contributed by atoms with van der Waals surface area (Å²) in [7, 11) is 0. The molecular weight excluding hydrogens is 346 g/mol. The van der Waals surface area contributed by atoms with Crippen LogP contribution in [0.1, 0.15) is 54.4 Å². The van der Waals surface area contributed by atoms with Gasteiger partial charge in [0, 0.05) is 18.7 Å². The van der Waals surface area contributed by atoms with Gasteiger partial charge in [-0.1, -0.05) is 37.5 Å². The fourth-order valence-electron chi connectivity index (χ4n) is 3.52. The third kappa shape index (κ3) is 5.29. The van der Waals surface area contributed by atoms with Crippen LogP contribution in [-0.2, 0) is 16.1 Å². The number of amides is 4. The largest absolute Gasteiger partial charge is 0.378 e. The average Bonchev–Trinajstić information content (AvgIpc) is 3.01. The second kappa shape index (κ2) is 9.50. The lowest BCUT2D eigenvalue weighted by atomic mass is 9.98. The minimum Gasteiger partial charge on any atom is -0.378 e. The molecule has 0 radical (unpaired) electrons. The number of ether oxygens (including phenoxy) is 1. The van der Waals surface area contributed by atoms with Crippen LogP contribution in [0.4, 0.5) is 4.79 Å². The van der Waals surface area contributed by atoms with Gasteiger partial charge in [-0.05, 0) is 30.9 Å². The summed E-state index contributed by atoms with van der Waals surface area (Å²) in [6.07, 6.45) is 7.22. The number of carbonyl (C=O) groups excluding carboxylic acids is 3. The molecule has 2 aliphatic rings. The first-order chi connectivity index (χ1) is 13.1. The third-order valence-corrected chi connectivity index (χ3v) is 5.04. The highest BCUT2D eigenvalue weighted by Gasteiger charge is 2.29. The maximum absolute atomic E-state index is 12.5. The van der Waals surface area contributed by atoms with Gasteiger partial charge in [-0.25, -0.2) is 4.79 Å². The lowest BCUT2D eigenvalue weighted by Crippen LogP contribution is -2.32. The van der Waals surface area contributed by atoms with Gasteiger partial charge in [-0.2, -0.15) is 0 Å². The number of nitrogens with one attached hydrogen (secondary N) is 2. The zero-order valence-electron chi connectivity index (χ0n) is 15.5. The molecule has 1 aliphatic heterocycles. The van der Waals surface area contributed by atoms with Gasteiger partial charge in [-0.15, -0.1) is 0 Å². The Hall–Kier alpha value is -2.41. The van der Waals surface area contributed by atoms with Crippen molar-refractivity contribution in [2.75, 3.05) is 19.7 Å². The molecule has 2 fully saturated rings. The van der Waals surface area contributed by atoms with E-state index in [1.54, 1.807) is 24.3 Å². The van der Waals surface area contributed by atoms with E-state index in [2.05, 4.69) is 10.6 Å². The molecule has 1 heterocycles. The zero-order valence-corrected chi connectivity index (χ0v) is 15.5. The minimum atomic E-state index is -0.421. The Morgan fingerprint density at radius 1 is 1.19 bits per heavy atom. The predicted octanol–water partition coefficient (Wildman–Crippen LogP) is 2.21. The van der Waals surface area contributed by atoms with E-state index in [0.717, 1.165) is 24.2 Å². The lowest BCUT2D eigenvalue weighted by molar-refractivity contribution is -0.125. The van der Waals surface area contributed by atoms with E-state index in [1.165, 1.54) is 19.3 Å². The smallest absolute Gasteiger partial charge is 0.324 e. The van der Waals surface area contributed by atoms with E-state index >= 15 is 0 Å². The lowest BCUT2D eigenvalue weighted by Gasteiger charge is -2.22. The molecule has 1 saturated carbocycles. The quantitative estimate of drug-likeness (QED) is 0.540. The maximum atomic E-state index is 12.5. The van der Waals surface area contributed by atoms with Crippen LogP contribution in [-0.4, -0.2) is 48.5 Å². The van der Waals surface area contributed by atoms with Gasteiger partial charge in [0.2, 0.25) is 5.91 Å². The number of carbonyl (C=O) groups is 3. The Labute approximate surface area is 159 Å². The van der Waals surface area contributed by atoms with E-state index < -0.39 is 6.03 Å². The van der Waals surface area contributed by atoms with Crippen molar-refractivity contribution < 1.29 is 19.1 Å². The van der Waals surface area contributed by atoms with Crippen LogP contribution in [0.2, 0.25) is 0 Å². The molecule has 146 valence electrons. The van der Waals surface area contributed by atoms with E-state index in [4.69, 9.17) is 4.74 Å². The Morgan fingerprint density at radius 2 is 1.96 bits per heavy atom. The van der Waals surface area contributed by atoms with Crippen molar-refractivity contribution in [1.82, 2.24) is 15.5 Å². The topological polar surface area (TPSA) is 87.7 Å². The van der Waals surface area contributed by atoms with Crippen LogP contribution in [0.25, 0.3) is 0 Å². The molecule has 0 atom stereocenters. The minimum absolute atomic E-state index is 0.00813. The number of rotatable bonds is 8. The van der Waals surface area contributed by atoms with Crippen LogP contribution in [0.5, 0.6) is 0 Å². The highest BCUT2D eigenvalue weighted by atomic mass is 16.5. The Bertz CT molecular complexity index is 670. The Kier molecular flexibility index (Phi) is 6.81. The molecule has 7 nitrogen and oxygen atoms in total. The zero-order chi connectivity index (χ0) is 19.1. The molecule has 2 N–H and O–H groups in total. The van der Waals surface area contributed by atoms with Gasteiger partial charge in [0.15, 0.2) is 0 Å². The average molecular weight is 373 g/mol. The van der Waals surface area contributed by atoms with Gasteiger partial charge < -0.3 is 15.4 Å². The highest BCUT2D eigenvalue weighted by molar-refractivity contribution is 6.02. The number of nitrogens with zero attached hydrogens (tertiary/aromatic N) is 1. The highest BCUT2D eigenvalue weighted by Crippen LogP contribution is 2.20. The van der Waals surface area contributed by atoms with Crippen LogP contribution in [0.3, 0.4) is 0 Å². The van der Waals surface area contributed by atoms with E-state index in [9.17, 15) is 14.4 Å². The van der Waals surface area contributed by atoms with E-state index in [1.807, 2.05) is 0 Å². The molecule has 1 aromatic rings. The van der Waals surface area contributed by atoms with Gasteiger partial charge in [-0.3, -0.25) is 14.5 Å². The van der Waals surface area contributed by atoms with Crippen molar-refractivity contribution in [2.24, 2.45) is 0 Å². The van der Waals surface area contributed by atoms with Crippen LogP contribution in [0.15, 0.2) is 24.3 Å². The van der Waals surface area contributed by atoms with Crippen molar-refractivity contribution in [2.45, 2.75) is 51.2 Å². The van der Waals surface area contributed by atoms with E-state index in [-0.39, 0.29) is 24.9 Å². The molecule has 27 heavy (non-hydrogen) atoms.